The lowest BCUT2D eigenvalue weighted by Gasteiger charge is -2.28. The van der Waals surface area contributed by atoms with Gasteiger partial charge in [0.1, 0.15) is 5.01 Å². The minimum Gasteiger partial charge on any atom is -0.464 e. The fourth-order valence-electron chi connectivity index (χ4n) is 1.55. The Bertz CT molecular complexity index is 362. The van der Waals surface area contributed by atoms with Gasteiger partial charge in [-0.05, 0) is 18.8 Å². The molecule has 1 aliphatic carbocycles. The van der Waals surface area contributed by atoms with Crippen LogP contribution in [0, 0.1) is 5.92 Å². The van der Waals surface area contributed by atoms with E-state index in [1.807, 2.05) is 0 Å². The van der Waals surface area contributed by atoms with Crippen LogP contribution in [0.1, 0.15) is 39.6 Å². The number of nitrogens with zero attached hydrogens (tertiary/aromatic N) is 1. The van der Waals surface area contributed by atoms with Gasteiger partial charge in [0.25, 0.3) is 0 Å². The Morgan fingerprint density at radius 2 is 2.47 bits per heavy atom. The van der Waals surface area contributed by atoms with Gasteiger partial charge in [0, 0.05) is 5.38 Å². The molecule has 0 bridgehead atoms. The van der Waals surface area contributed by atoms with Crippen LogP contribution in [0.15, 0.2) is 5.38 Å². The molecule has 0 radical (unpaired) electrons. The van der Waals surface area contributed by atoms with Crippen molar-refractivity contribution in [2.45, 2.75) is 24.1 Å². The molecular formula is C10H12BrNO2S. The molecule has 1 aromatic heterocycles. The Morgan fingerprint density at radius 1 is 1.73 bits per heavy atom. The van der Waals surface area contributed by atoms with E-state index in [4.69, 9.17) is 0 Å². The van der Waals surface area contributed by atoms with E-state index in [0.717, 1.165) is 5.01 Å². The number of halogens is 1. The van der Waals surface area contributed by atoms with Crippen molar-refractivity contribution in [3.8, 4) is 0 Å². The van der Waals surface area contributed by atoms with Crippen molar-refractivity contribution in [3.63, 3.8) is 0 Å². The van der Waals surface area contributed by atoms with E-state index >= 15 is 0 Å². The number of rotatable bonds is 3. The first-order chi connectivity index (χ1) is 7.22. The number of carbonyl (C=O) groups is 1. The summed E-state index contributed by atoms with van der Waals surface area (Å²) in [4.78, 5) is 15.8. The summed E-state index contributed by atoms with van der Waals surface area (Å²) in [6.07, 6.45) is 3.81. The van der Waals surface area contributed by atoms with Gasteiger partial charge in [-0.25, -0.2) is 9.78 Å². The second kappa shape index (κ2) is 4.61. The van der Waals surface area contributed by atoms with E-state index in [0.29, 0.717) is 16.4 Å². The Balaban J connectivity index is 2.08. The molecule has 1 fully saturated rings. The molecule has 1 atom stereocenters. The summed E-state index contributed by atoms with van der Waals surface area (Å²) in [5.74, 6) is 0.326. The molecule has 1 aliphatic rings. The highest BCUT2D eigenvalue weighted by Crippen LogP contribution is 2.43. The first-order valence-corrected chi connectivity index (χ1v) is 6.69. The lowest BCUT2D eigenvalue weighted by Crippen LogP contribution is -2.16. The zero-order chi connectivity index (χ0) is 10.8. The minimum absolute atomic E-state index is 0.301. The number of methoxy groups -OCH3 is 1. The highest BCUT2D eigenvalue weighted by atomic mass is 79.9. The van der Waals surface area contributed by atoms with E-state index in [2.05, 4.69) is 25.7 Å². The molecule has 1 saturated carbocycles. The van der Waals surface area contributed by atoms with Gasteiger partial charge in [-0.2, -0.15) is 0 Å². The van der Waals surface area contributed by atoms with Crippen molar-refractivity contribution in [1.82, 2.24) is 4.98 Å². The smallest absolute Gasteiger partial charge is 0.357 e. The minimum atomic E-state index is -0.356. The molecule has 82 valence electrons. The van der Waals surface area contributed by atoms with Crippen molar-refractivity contribution in [1.29, 1.82) is 0 Å². The SMILES string of the molecule is COC(=O)c1csc(C(Br)C2CCC2)n1. The molecule has 1 unspecified atom stereocenters. The van der Waals surface area contributed by atoms with Crippen molar-refractivity contribution < 1.29 is 9.53 Å². The normalized spacial score (nSPS) is 18.3. The zero-order valence-electron chi connectivity index (χ0n) is 8.40. The first kappa shape index (κ1) is 11.1. The summed E-state index contributed by atoms with van der Waals surface area (Å²) in [6.45, 7) is 0. The predicted molar refractivity (Wildman–Crippen MR) is 62.5 cm³/mol. The van der Waals surface area contributed by atoms with Crippen molar-refractivity contribution in [2.24, 2.45) is 5.92 Å². The molecule has 3 nitrogen and oxygen atoms in total. The molecule has 0 aliphatic heterocycles. The Kier molecular flexibility index (Phi) is 3.41. The van der Waals surface area contributed by atoms with Gasteiger partial charge in [-0.3, -0.25) is 0 Å². The maximum absolute atomic E-state index is 11.2. The van der Waals surface area contributed by atoms with Crippen molar-refractivity contribution >= 4 is 33.2 Å². The van der Waals surface area contributed by atoms with Gasteiger partial charge in [-0.1, -0.05) is 22.4 Å². The molecule has 0 saturated heterocycles. The molecule has 0 spiro atoms. The molecule has 0 amide bonds. The zero-order valence-corrected chi connectivity index (χ0v) is 10.8. The number of ether oxygens (including phenoxy) is 1. The predicted octanol–water partition coefficient (Wildman–Crippen LogP) is 3.17. The molecule has 15 heavy (non-hydrogen) atoms. The second-order valence-corrected chi connectivity index (χ2v) is 5.53. The Labute approximate surface area is 101 Å². The summed E-state index contributed by atoms with van der Waals surface area (Å²) in [7, 11) is 1.37. The van der Waals surface area contributed by atoms with Gasteiger partial charge in [0.15, 0.2) is 5.69 Å². The van der Waals surface area contributed by atoms with E-state index in [1.54, 1.807) is 5.38 Å². The number of esters is 1. The molecule has 1 aromatic rings. The monoisotopic (exact) mass is 289 g/mol. The van der Waals surface area contributed by atoms with Crippen LogP contribution in [0.2, 0.25) is 0 Å². The average molecular weight is 290 g/mol. The summed E-state index contributed by atoms with van der Waals surface area (Å²) in [5, 5.41) is 2.74. The maximum Gasteiger partial charge on any atom is 0.357 e. The third-order valence-electron chi connectivity index (χ3n) is 2.72. The molecule has 0 N–H and O–H groups in total. The van der Waals surface area contributed by atoms with Gasteiger partial charge < -0.3 is 4.74 Å². The fraction of sp³-hybridized carbons (Fsp3) is 0.600. The van der Waals surface area contributed by atoms with Crippen LogP contribution in [0.5, 0.6) is 0 Å². The lowest BCUT2D eigenvalue weighted by atomic mass is 9.83. The summed E-state index contributed by atoms with van der Waals surface area (Å²) in [6, 6.07) is 0. The molecular weight excluding hydrogens is 278 g/mol. The number of hydrogen-bond donors (Lipinski definition) is 0. The van der Waals surface area contributed by atoms with E-state index in [9.17, 15) is 4.79 Å². The van der Waals surface area contributed by atoms with Crippen LogP contribution in [-0.4, -0.2) is 18.1 Å². The lowest BCUT2D eigenvalue weighted by molar-refractivity contribution is 0.0594. The van der Waals surface area contributed by atoms with Crippen LogP contribution in [-0.2, 0) is 4.74 Å². The number of aromatic nitrogens is 1. The van der Waals surface area contributed by atoms with Gasteiger partial charge in [0.2, 0.25) is 0 Å². The molecule has 2 rings (SSSR count). The van der Waals surface area contributed by atoms with E-state index in [-0.39, 0.29) is 5.97 Å². The highest BCUT2D eigenvalue weighted by molar-refractivity contribution is 9.09. The number of hydrogen-bond acceptors (Lipinski definition) is 4. The van der Waals surface area contributed by atoms with Crippen LogP contribution in [0.3, 0.4) is 0 Å². The Hall–Kier alpha value is -0.420. The molecule has 0 aromatic carbocycles. The van der Waals surface area contributed by atoms with Crippen LogP contribution >= 0.6 is 27.3 Å². The maximum atomic E-state index is 11.2. The number of thiazole rings is 1. The summed E-state index contributed by atoms with van der Waals surface area (Å²) >= 11 is 5.16. The standard InChI is InChI=1S/C10H12BrNO2S/c1-14-10(13)7-5-15-9(12-7)8(11)6-3-2-4-6/h5-6,8H,2-4H2,1H3. The highest BCUT2D eigenvalue weighted by Gasteiger charge is 2.29. The second-order valence-electron chi connectivity index (χ2n) is 3.66. The Morgan fingerprint density at radius 3 is 3.00 bits per heavy atom. The fourth-order valence-corrected chi connectivity index (χ4v) is 3.36. The van der Waals surface area contributed by atoms with E-state index in [1.165, 1.54) is 37.7 Å². The molecule has 1 heterocycles. The number of carbonyl (C=O) groups excluding carboxylic acids is 1. The van der Waals surface area contributed by atoms with Crippen LogP contribution < -0.4 is 0 Å². The topological polar surface area (TPSA) is 39.2 Å². The summed E-state index contributed by atoms with van der Waals surface area (Å²) < 4.78 is 4.62. The largest absolute Gasteiger partial charge is 0.464 e. The van der Waals surface area contributed by atoms with Crippen molar-refractivity contribution in [3.05, 3.63) is 16.1 Å². The third-order valence-corrected chi connectivity index (χ3v) is 5.13. The van der Waals surface area contributed by atoms with Gasteiger partial charge in [0.05, 0.1) is 11.9 Å². The molecule has 5 heteroatoms. The summed E-state index contributed by atoms with van der Waals surface area (Å²) in [5.41, 5.74) is 0.418. The number of alkyl halides is 1. The van der Waals surface area contributed by atoms with E-state index < -0.39 is 0 Å². The van der Waals surface area contributed by atoms with Crippen molar-refractivity contribution in [2.75, 3.05) is 7.11 Å². The van der Waals surface area contributed by atoms with Crippen LogP contribution in [0.25, 0.3) is 0 Å². The third kappa shape index (κ3) is 2.23. The van der Waals surface area contributed by atoms with Gasteiger partial charge in [-0.15, -0.1) is 11.3 Å². The quantitative estimate of drug-likeness (QED) is 0.634. The first-order valence-electron chi connectivity index (χ1n) is 4.90. The average Bonchev–Trinajstić information content (AvgIpc) is 2.62. The van der Waals surface area contributed by atoms with Crippen LogP contribution in [0.4, 0.5) is 0 Å². The van der Waals surface area contributed by atoms with Gasteiger partial charge >= 0.3 is 5.97 Å².